The van der Waals surface area contributed by atoms with E-state index in [0.29, 0.717) is 10.9 Å². The first-order valence-electron chi connectivity index (χ1n) is 6.96. The Bertz CT molecular complexity index is 458. The fourth-order valence-electron chi connectivity index (χ4n) is 3.38. The zero-order valence-corrected chi connectivity index (χ0v) is 12.5. The third-order valence-corrected chi connectivity index (χ3v) is 4.96. The van der Waals surface area contributed by atoms with Crippen molar-refractivity contribution in [2.75, 3.05) is 0 Å². The predicted octanol–water partition coefficient (Wildman–Crippen LogP) is 4.55. The highest BCUT2D eigenvalue weighted by molar-refractivity contribution is 6.31. The van der Waals surface area contributed by atoms with E-state index in [9.17, 15) is 9.50 Å². The first-order chi connectivity index (χ1) is 8.82. The Balaban J connectivity index is 2.33. The first-order valence-corrected chi connectivity index (χ1v) is 7.33. The van der Waals surface area contributed by atoms with Gasteiger partial charge >= 0.3 is 0 Å². The van der Waals surface area contributed by atoms with E-state index >= 15 is 0 Å². The molecule has 0 aliphatic heterocycles. The summed E-state index contributed by atoms with van der Waals surface area (Å²) in [5, 5.41) is 10.9. The lowest BCUT2D eigenvalue weighted by molar-refractivity contribution is 0.0143. The lowest BCUT2D eigenvalue weighted by atomic mass is 9.64. The Kier molecular flexibility index (Phi) is 4.22. The molecule has 19 heavy (non-hydrogen) atoms. The van der Waals surface area contributed by atoms with Crippen LogP contribution in [0.5, 0.6) is 0 Å². The molecule has 1 aliphatic rings. The van der Waals surface area contributed by atoms with Crippen LogP contribution in [0.2, 0.25) is 5.02 Å². The number of hydrogen-bond acceptors (Lipinski definition) is 1. The molecule has 1 aromatic carbocycles. The lowest BCUT2D eigenvalue weighted by Gasteiger charge is -2.42. The van der Waals surface area contributed by atoms with Crippen LogP contribution in [-0.4, -0.2) is 11.2 Å². The van der Waals surface area contributed by atoms with E-state index in [4.69, 9.17) is 11.6 Å². The highest BCUT2D eigenvalue weighted by Crippen LogP contribution is 2.44. The molecule has 1 aliphatic carbocycles. The molecule has 0 heterocycles. The molecule has 3 atom stereocenters. The van der Waals surface area contributed by atoms with Gasteiger partial charge in [-0.05, 0) is 53.9 Å². The number of halogens is 2. The number of hydrogen-bond donors (Lipinski definition) is 1. The third-order valence-electron chi connectivity index (χ3n) is 4.63. The van der Waals surface area contributed by atoms with E-state index in [1.807, 2.05) is 0 Å². The Hall–Kier alpha value is -0.600. The molecule has 3 heteroatoms. The van der Waals surface area contributed by atoms with Crippen molar-refractivity contribution >= 4 is 11.6 Å². The second-order valence-corrected chi connectivity index (χ2v) is 6.85. The average Bonchev–Trinajstić information content (AvgIpc) is 2.31. The van der Waals surface area contributed by atoms with Crippen molar-refractivity contribution in [1.29, 1.82) is 0 Å². The smallest absolute Gasteiger partial charge is 0.123 e. The SMILES string of the molecule is CC1CCC(C(C)(C)c2cc(F)ccc2Cl)C(O)C1. The van der Waals surface area contributed by atoms with Gasteiger partial charge in [0.1, 0.15) is 5.82 Å². The van der Waals surface area contributed by atoms with Gasteiger partial charge in [0.2, 0.25) is 0 Å². The fourth-order valence-corrected chi connectivity index (χ4v) is 3.74. The minimum Gasteiger partial charge on any atom is -0.393 e. The fraction of sp³-hybridized carbons (Fsp3) is 0.625. The summed E-state index contributed by atoms with van der Waals surface area (Å²) in [6.07, 6.45) is 2.56. The molecule has 1 fully saturated rings. The summed E-state index contributed by atoms with van der Waals surface area (Å²) in [7, 11) is 0. The zero-order valence-electron chi connectivity index (χ0n) is 11.8. The Morgan fingerprint density at radius 2 is 2.00 bits per heavy atom. The Labute approximate surface area is 119 Å². The monoisotopic (exact) mass is 284 g/mol. The van der Waals surface area contributed by atoms with Gasteiger partial charge < -0.3 is 5.11 Å². The van der Waals surface area contributed by atoms with Crippen LogP contribution in [-0.2, 0) is 5.41 Å². The largest absolute Gasteiger partial charge is 0.393 e. The molecule has 1 nitrogen and oxygen atoms in total. The Morgan fingerprint density at radius 3 is 2.63 bits per heavy atom. The standard InChI is InChI=1S/C16H22ClFO/c1-10-4-6-12(15(19)8-10)16(2,3)13-9-11(18)5-7-14(13)17/h5,7,9-10,12,15,19H,4,6,8H2,1-3H3. The summed E-state index contributed by atoms with van der Waals surface area (Å²) < 4.78 is 13.5. The van der Waals surface area contributed by atoms with Crippen molar-refractivity contribution in [3.8, 4) is 0 Å². The van der Waals surface area contributed by atoms with Crippen LogP contribution in [0.15, 0.2) is 18.2 Å². The summed E-state index contributed by atoms with van der Waals surface area (Å²) in [4.78, 5) is 0. The molecule has 0 aromatic heterocycles. The molecule has 1 N–H and O–H groups in total. The average molecular weight is 285 g/mol. The minimum absolute atomic E-state index is 0.128. The van der Waals surface area contributed by atoms with Gasteiger partial charge in [0.15, 0.2) is 0 Å². The highest BCUT2D eigenvalue weighted by Gasteiger charge is 2.40. The normalized spacial score (nSPS) is 28.4. The van der Waals surface area contributed by atoms with Crippen LogP contribution >= 0.6 is 11.6 Å². The van der Waals surface area contributed by atoms with Gasteiger partial charge in [-0.1, -0.05) is 38.8 Å². The molecule has 0 radical (unpaired) electrons. The van der Waals surface area contributed by atoms with Crippen molar-refractivity contribution in [2.24, 2.45) is 11.8 Å². The quantitative estimate of drug-likeness (QED) is 0.844. The summed E-state index contributed by atoms with van der Waals surface area (Å²) in [5.74, 6) is 0.416. The molecule has 1 saturated carbocycles. The lowest BCUT2D eigenvalue weighted by Crippen LogP contribution is -2.41. The highest BCUT2D eigenvalue weighted by atomic mass is 35.5. The minimum atomic E-state index is -0.335. The first kappa shape index (κ1) is 14.8. The van der Waals surface area contributed by atoms with Crippen molar-refractivity contribution in [2.45, 2.75) is 51.6 Å². The number of aliphatic hydroxyl groups is 1. The maximum Gasteiger partial charge on any atom is 0.123 e. The summed E-state index contributed by atoms with van der Waals surface area (Å²) in [6.45, 7) is 6.27. The Morgan fingerprint density at radius 1 is 1.32 bits per heavy atom. The molecule has 0 spiro atoms. The zero-order chi connectivity index (χ0) is 14.2. The van der Waals surface area contributed by atoms with Crippen molar-refractivity contribution < 1.29 is 9.50 Å². The topological polar surface area (TPSA) is 20.2 Å². The third kappa shape index (κ3) is 2.95. The van der Waals surface area contributed by atoms with Gasteiger partial charge in [0, 0.05) is 5.02 Å². The summed E-state index contributed by atoms with van der Waals surface area (Å²) in [6, 6.07) is 4.49. The van der Waals surface area contributed by atoms with Gasteiger partial charge in [-0.15, -0.1) is 0 Å². The van der Waals surface area contributed by atoms with Gasteiger partial charge in [-0.2, -0.15) is 0 Å². The van der Waals surface area contributed by atoms with Gasteiger partial charge in [-0.3, -0.25) is 0 Å². The van der Waals surface area contributed by atoms with Gasteiger partial charge in [0.05, 0.1) is 6.10 Å². The molecule has 2 rings (SSSR count). The summed E-state index contributed by atoms with van der Waals surface area (Å²) >= 11 is 6.23. The van der Waals surface area contributed by atoms with Crippen LogP contribution in [0, 0.1) is 17.7 Å². The van der Waals surface area contributed by atoms with E-state index in [2.05, 4.69) is 20.8 Å². The second-order valence-electron chi connectivity index (χ2n) is 6.44. The summed E-state index contributed by atoms with van der Waals surface area (Å²) in [5.41, 5.74) is 0.478. The van der Waals surface area contributed by atoms with E-state index in [1.54, 1.807) is 6.07 Å². The van der Waals surface area contributed by atoms with Crippen LogP contribution in [0.4, 0.5) is 4.39 Å². The molecule has 0 amide bonds. The van der Waals surface area contributed by atoms with Crippen LogP contribution in [0.3, 0.4) is 0 Å². The van der Waals surface area contributed by atoms with Crippen LogP contribution < -0.4 is 0 Å². The van der Waals surface area contributed by atoms with Gasteiger partial charge in [-0.25, -0.2) is 4.39 Å². The molecule has 0 saturated heterocycles. The van der Waals surface area contributed by atoms with Crippen molar-refractivity contribution in [1.82, 2.24) is 0 Å². The van der Waals surface area contributed by atoms with Crippen molar-refractivity contribution in [3.05, 3.63) is 34.6 Å². The number of aliphatic hydroxyl groups excluding tert-OH is 1. The molecule has 3 unspecified atom stereocenters. The maximum atomic E-state index is 13.5. The van der Waals surface area contributed by atoms with E-state index in [0.717, 1.165) is 24.8 Å². The molecule has 106 valence electrons. The second kappa shape index (κ2) is 5.41. The molecular weight excluding hydrogens is 263 g/mol. The number of rotatable bonds is 2. The number of benzene rings is 1. The van der Waals surface area contributed by atoms with Crippen LogP contribution in [0.1, 0.15) is 45.6 Å². The van der Waals surface area contributed by atoms with Gasteiger partial charge in [0.25, 0.3) is 0 Å². The van der Waals surface area contributed by atoms with Crippen LogP contribution in [0.25, 0.3) is 0 Å². The predicted molar refractivity (Wildman–Crippen MR) is 76.9 cm³/mol. The molecular formula is C16H22ClFO. The molecule has 0 bridgehead atoms. The maximum absolute atomic E-state index is 13.5. The van der Waals surface area contributed by atoms with E-state index in [-0.39, 0.29) is 23.3 Å². The van der Waals surface area contributed by atoms with E-state index < -0.39 is 0 Å². The van der Waals surface area contributed by atoms with Crippen molar-refractivity contribution in [3.63, 3.8) is 0 Å². The van der Waals surface area contributed by atoms with E-state index in [1.165, 1.54) is 12.1 Å². The molecule has 1 aromatic rings.